The molecule has 0 saturated carbocycles. The van der Waals surface area contributed by atoms with Gasteiger partial charge in [-0.05, 0) is 19.3 Å². The Morgan fingerprint density at radius 3 is 1.69 bits per heavy atom. The number of esters is 2. The molecule has 0 fully saturated rings. The van der Waals surface area contributed by atoms with Crippen LogP contribution in [0.5, 0.6) is 0 Å². The van der Waals surface area contributed by atoms with Gasteiger partial charge in [0.1, 0.15) is 6.10 Å². The van der Waals surface area contributed by atoms with Crippen molar-refractivity contribution in [3.8, 4) is 0 Å². The number of unbranched alkanes of at least 4 members (excludes halogenated alkanes) is 11. The quantitative estimate of drug-likeness (QED) is 0.124. The fourth-order valence-corrected chi connectivity index (χ4v) is 2.97. The smallest absolute Gasteiger partial charge is 0.310 e. The average molecular weight is 367 g/mol. The molecule has 0 aliphatic rings. The van der Waals surface area contributed by atoms with Crippen molar-refractivity contribution < 1.29 is 19.1 Å². The monoisotopic (exact) mass is 366 g/mol. The van der Waals surface area contributed by atoms with Crippen molar-refractivity contribution in [3.05, 3.63) is 25.5 Å². The number of ether oxygens (including phenoxy) is 2. The van der Waals surface area contributed by atoms with E-state index < -0.39 is 0 Å². The first-order valence-corrected chi connectivity index (χ1v) is 10.2. The zero-order chi connectivity index (χ0) is 19.5. The highest BCUT2D eigenvalue weighted by Gasteiger charge is 2.06. The van der Waals surface area contributed by atoms with E-state index in [1.54, 1.807) is 6.08 Å². The summed E-state index contributed by atoms with van der Waals surface area (Å²) in [5.41, 5.74) is 0. The van der Waals surface area contributed by atoms with Crippen LogP contribution < -0.4 is 0 Å². The van der Waals surface area contributed by atoms with Crippen LogP contribution in [0, 0.1) is 0 Å². The van der Waals surface area contributed by atoms with E-state index in [2.05, 4.69) is 17.9 Å². The first kappa shape index (κ1) is 24.4. The molecule has 0 aliphatic carbocycles. The lowest BCUT2D eigenvalue weighted by Gasteiger charge is -2.12. The van der Waals surface area contributed by atoms with E-state index in [1.807, 2.05) is 0 Å². The highest BCUT2D eigenvalue weighted by molar-refractivity contribution is 5.69. The van der Waals surface area contributed by atoms with Crippen LogP contribution in [0.2, 0.25) is 0 Å². The van der Waals surface area contributed by atoms with Crippen molar-refractivity contribution in [1.29, 1.82) is 0 Å². The minimum atomic E-state index is -0.231. The van der Waals surface area contributed by atoms with Gasteiger partial charge >= 0.3 is 11.9 Å². The van der Waals surface area contributed by atoms with Gasteiger partial charge in [0.15, 0.2) is 0 Å². The molecule has 0 aromatic heterocycles. The molecule has 0 saturated heterocycles. The normalized spacial score (nSPS) is 11.6. The van der Waals surface area contributed by atoms with Gasteiger partial charge in [0.2, 0.25) is 0 Å². The Bertz CT molecular complexity index is 390. The van der Waals surface area contributed by atoms with E-state index >= 15 is 0 Å². The molecule has 0 amide bonds. The maximum Gasteiger partial charge on any atom is 0.310 e. The van der Waals surface area contributed by atoms with Crippen LogP contribution in [0.3, 0.4) is 0 Å². The number of hydrogen-bond donors (Lipinski definition) is 0. The van der Waals surface area contributed by atoms with Crippen LogP contribution in [-0.2, 0) is 19.1 Å². The second-order valence-electron chi connectivity index (χ2n) is 6.82. The Balaban J connectivity index is 3.24. The minimum absolute atomic E-state index is 0.125. The minimum Gasteiger partial charge on any atom is -0.458 e. The third kappa shape index (κ3) is 17.2. The fourth-order valence-electron chi connectivity index (χ4n) is 2.97. The fraction of sp³-hybridized carbons (Fsp3) is 0.727. The van der Waals surface area contributed by atoms with Crippen molar-refractivity contribution in [2.75, 3.05) is 0 Å². The molecule has 0 heterocycles. The molecule has 0 spiro atoms. The molecule has 0 radical (unpaired) electrons. The standard InChI is InChI=1S/C22H38O4/c1-4-21(26-20(3)23)18-16-14-12-10-8-6-7-9-11-13-15-17-19-22(24)25-5-2/h4-5,21H,1-2,6-19H2,3H3. The van der Waals surface area contributed by atoms with Crippen LogP contribution in [0.25, 0.3) is 0 Å². The summed E-state index contributed by atoms with van der Waals surface area (Å²) in [6.45, 7) is 8.52. The maximum absolute atomic E-state index is 11.1. The number of carbonyl (C=O) groups is 2. The van der Waals surface area contributed by atoms with E-state index in [0.717, 1.165) is 25.7 Å². The molecule has 4 heteroatoms. The van der Waals surface area contributed by atoms with Crippen LogP contribution >= 0.6 is 0 Å². The molecule has 0 aromatic carbocycles. The topological polar surface area (TPSA) is 52.6 Å². The van der Waals surface area contributed by atoms with Crippen molar-refractivity contribution in [1.82, 2.24) is 0 Å². The third-order valence-electron chi connectivity index (χ3n) is 4.41. The number of carbonyl (C=O) groups excluding carboxylic acids is 2. The Kier molecular flexibility index (Phi) is 17.1. The lowest BCUT2D eigenvalue weighted by atomic mass is 10.0. The second kappa shape index (κ2) is 18.2. The Hall–Kier alpha value is -1.58. The summed E-state index contributed by atoms with van der Waals surface area (Å²) < 4.78 is 9.83. The molecule has 1 unspecified atom stereocenters. The molecular weight excluding hydrogens is 328 g/mol. The van der Waals surface area contributed by atoms with Crippen LogP contribution in [0.1, 0.15) is 96.8 Å². The van der Waals surface area contributed by atoms with Gasteiger partial charge < -0.3 is 9.47 Å². The molecule has 150 valence electrons. The van der Waals surface area contributed by atoms with Gasteiger partial charge in [-0.25, -0.2) is 0 Å². The molecular formula is C22H38O4. The molecule has 0 aromatic rings. The van der Waals surface area contributed by atoms with Crippen LogP contribution in [-0.4, -0.2) is 18.0 Å². The van der Waals surface area contributed by atoms with Crippen molar-refractivity contribution >= 4 is 11.9 Å². The van der Waals surface area contributed by atoms with Gasteiger partial charge in [0.25, 0.3) is 0 Å². The van der Waals surface area contributed by atoms with E-state index in [1.165, 1.54) is 71.0 Å². The van der Waals surface area contributed by atoms with Gasteiger partial charge in [-0.3, -0.25) is 9.59 Å². The largest absolute Gasteiger partial charge is 0.458 e. The van der Waals surface area contributed by atoms with Gasteiger partial charge in [-0.1, -0.05) is 83.4 Å². The Labute approximate surface area is 160 Å². The molecule has 0 aliphatic heterocycles. The second-order valence-corrected chi connectivity index (χ2v) is 6.82. The molecule has 4 nitrogen and oxygen atoms in total. The summed E-state index contributed by atoms with van der Waals surface area (Å²) in [5.74, 6) is -0.406. The number of hydrogen-bond acceptors (Lipinski definition) is 4. The molecule has 0 rings (SSSR count). The summed E-state index contributed by atoms with van der Waals surface area (Å²) in [6, 6.07) is 0. The Morgan fingerprint density at radius 2 is 1.27 bits per heavy atom. The summed E-state index contributed by atoms with van der Waals surface area (Å²) >= 11 is 0. The Morgan fingerprint density at radius 1 is 0.808 bits per heavy atom. The van der Waals surface area contributed by atoms with E-state index in [9.17, 15) is 9.59 Å². The summed E-state index contributed by atoms with van der Waals surface area (Å²) in [5, 5.41) is 0. The molecule has 26 heavy (non-hydrogen) atoms. The van der Waals surface area contributed by atoms with E-state index in [-0.39, 0.29) is 18.0 Å². The lowest BCUT2D eigenvalue weighted by molar-refractivity contribution is -0.144. The predicted molar refractivity (Wildman–Crippen MR) is 107 cm³/mol. The molecule has 0 N–H and O–H groups in total. The highest BCUT2D eigenvalue weighted by Crippen LogP contribution is 2.14. The van der Waals surface area contributed by atoms with Gasteiger partial charge in [-0.2, -0.15) is 0 Å². The lowest BCUT2D eigenvalue weighted by Crippen LogP contribution is -2.13. The van der Waals surface area contributed by atoms with Crippen molar-refractivity contribution in [2.45, 2.75) is 103 Å². The summed E-state index contributed by atoms with van der Waals surface area (Å²) in [7, 11) is 0. The first-order valence-electron chi connectivity index (χ1n) is 10.2. The zero-order valence-corrected chi connectivity index (χ0v) is 16.7. The maximum atomic E-state index is 11.1. The van der Waals surface area contributed by atoms with E-state index in [4.69, 9.17) is 4.74 Å². The third-order valence-corrected chi connectivity index (χ3v) is 4.41. The average Bonchev–Trinajstić information content (AvgIpc) is 2.60. The molecule has 0 bridgehead atoms. The van der Waals surface area contributed by atoms with Gasteiger partial charge in [0, 0.05) is 13.3 Å². The van der Waals surface area contributed by atoms with Crippen molar-refractivity contribution in [2.24, 2.45) is 0 Å². The zero-order valence-electron chi connectivity index (χ0n) is 16.7. The summed E-state index contributed by atoms with van der Waals surface area (Å²) in [6.07, 6.45) is 18.7. The van der Waals surface area contributed by atoms with Crippen LogP contribution in [0.15, 0.2) is 25.5 Å². The first-order chi connectivity index (χ1) is 12.6. The van der Waals surface area contributed by atoms with Crippen molar-refractivity contribution in [3.63, 3.8) is 0 Å². The number of rotatable bonds is 18. The SMILES string of the molecule is C=COC(=O)CCCCCCCCCCCCCCC(C=C)OC(C)=O. The summed E-state index contributed by atoms with van der Waals surface area (Å²) in [4.78, 5) is 22.0. The van der Waals surface area contributed by atoms with Gasteiger partial charge in [0.05, 0.1) is 6.26 Å². The van der Waals surface area contributed by atoms with E-state index in [0.29, 0.717) is 6.42 Å². The van der Waals surface area contributed by atoms with Crippen LogP contribution in [0.4, 0.5) is 0 Å². The predicted octanol–water partition coefficient (Wildman–Crippen LogP) is 6.25. The van der Waals surface area contributed by atoms with Gasteiger partial charge in [-0.15, -0.1) is 0 Å². The molecule has 1 atom stereocenters. The highest BCUT2D eigenvalue weighted by atomic mass is 16.5.